The maximum absolute atomic E-state index is 12.1. The highest BCUT2D eigenvalue weighted by Crippen LogP contribution is 2.20. The molecule has 4 nitrogen and oxygen atoms in total. The minimum absolute atomic E-state index is 0.164. The van der Waals surface area contributed by atoms with Crippen LogP contribution in [0.25, 0.3) is 0 Å². The van der Waals surface area contributed by atoms with Gasteiger partial charge in [-0.15, -0.1) is 0 Å². The number of rotatable bonds is 7. The van der Waals surface area contributed by atoms with Crippen LogP contribution in [0.1, 0.15) is 49.0 Å². The summed E-state index contributed by atoms with van der Waals surface area (Å²) in [5.41, 5.74) is 2.65. The van der Waals surface area contributed by atoms with Gasteiger partial charge >= 0.3 is 5.97 Å². The summed E-state index contributed by atoms with van der Waals surface area (Å²) in [6.45, 7) is 4.89. The highest BCUT2D eigenvalue weighted by molar-refractivity contribution is 5.87. The maximum atomic E-state index is 12.1. The first-order valence-corrected chi connectivity index (χ1v) is 8.47. The first-order valence-electron chi connectivity index (χ1n) is 8.47. The van der Waals surface area contributed by atoms with Gasteiger partial charge < -0.3 is 10.0 Å². The Hall–Kier alpha value is -2.36. The van der Waals surface area contributed by atoms with Crippen LogP contribution in [0.3, 0.4) is 0 Å². The molecule has 1 aromatic rings. The Balaban J connectivity index is 1.96. The van der Waals surface area contributed by atoms with Crippen molar-refractivity contribution < 1.29 is 14.7 Å². The quantitative estimate of drug-likeness (QED) is 0.774. The Kier molecular flexibility index (Phi) is 6.36. The molecular formula is C20H25NO3. The number of carbonyl (C=O) groups excluding carboxylic acids is 1. The average Bonchev–Trinajstić information content (AvgIpc) is 2.93. The van der Waals surface area contributed by atoms with Crippen LogP contribution in [0, 0.1) is 0 Å². The van der Waals surface area contributed by atoms with Crippen molar-refractivity contribution in [3.8, 4) is 0 Å². The van der Waals surface area contributed by atoms with E-state index in [0.29, 0.717) is 13.0 Å². The van der Waals surface area contributed by atoms with Crippen LogP contribution in [0.4, 0.5) is 0 Å². The second kappa shape index (κ2) is 8.48. The molecule has 0 saturated carbocycles. The molecule has 1 atom stereocenters. The van der Waals surface area contributed by atoms with Crippen LogP contribution in [-0.2, 0) is 11.2 Å². The molecule has 4 heteroatoms. The van der Waals surface area contributed by atoms with Gasteiger partial charge in [0.25, 0.3) is 0 Å². The summed E-state index contributed by atoms with van der Waals surface area (Å²) in [4.78, 5) is 24.9. The van der Waals surface area contributed by atoms with E-state index in [4.69, 9.17) is 5.11 Å². The molecule has 128 valence electrons. The normalized spacial score (nSPS) is 18.6. The highest BCUT2D eigenvalue weighted by atomic mass is 16.4. The van der Waals surface area contributed by atoms with E-state index in [1.807, 2.05) is 17.0 Å². The topological polar surface area (TPSA) is 57.6 Å². The van der Waals surface area contributed by atoms with Crippen molar-refractivity contribution in [3.63, 3.8) is 0 Å². The molecule has 0 aliphatic carbocycles. The van der Waals surface area contributed by atoms with Crippen molar-refractivity contribution in [1.82, 2.24) is 4.90 Å². The standard InChI is InChI=1S/C20H25NO3/c1-3-15(2)5-4-6-18-11-12-19(22)21(18)14-13-16-7-9-17(10-8-16)20(23)24/h4-10,18H,3,11-14H2,1-2H3,(H,23,24)/b6-4+,15-5-/t18-/m0/s1. The Morgan fingerprint density at radius 2 is 2.04 bits per heavy atom. The first kappa shape index (κ1) is 18.0. The molecule has 1 N–H and O–H groups in total. The van der Waals surface area contributed by atoms with Crippen molar-refractivity contribution in [2.75, 3.05) is 6.54 Å². The van der Waals surface area contributed by atoms with Crippen LogP contribution >= 0.6 is 0 Å². The molecule has 2 rings (SSSR count). The van der Waals surface area contributed by atoms with E-state index in [2.05, 4.69) is 32.1 Å². The molecule has 1 aliphatic rings. The van der Waals surface area contributed by atoms with Crippen LogP contribution in [0.2, 0.25) is 0 Å². The summed E-state index contributed by atoms with van der Waals surface area (Å²) in [7, 11) is 0. The molecule has 24 heavy (non-hydrogen) atoms. The zero-order valence-corrected chi connectivity index (χ0v) is 14.4. The number of allylic oxidation sites excluding steroid dienone is 3. The number of hydrogen-bond donors (Lipinski definition) is 1. The van der Waals surface area contributed by atoms with Crippen molar-refractivity contribution in [2.24, 2.45) is 0 Å². The lowest BCUT2D eigenvalue weighted by atomic mass is 10.1. The fraction of sp³-hybridized carbons (Fsp3) is 0.400. The predicted octanol–water partition coefficient (Wildman–Crippen LogP) is 3.83. The molecule has 1 amide bonds. The number of likely N-dealkylation sites (tertiary alicyclic amines) is 1. The Morgan fingerprint density at radius 1 is 1.33 bits per heavy atom. The molecule has 1 fully saturated rings. The van der Waals surface area contributed by atoms with Gasteiger partial charge in [0.05, 0.1) is 11.6 Å². The SMILES string of the molecule is CC/C(C)=C\C=C\[C@H]1CCC(=O)N1CCc1ccc(C(=O)O)cc1. The predicted molar refractivity (Wildman–Crippen MR) is 95.0 cm³/mol. The van der Waals surface area contributed by atoms with E-state index in [9.17, 15) is 9.59 Å². The monoisotopic (exact) mass is 327 g/mol. The van der Waals surface area contributed by atoms with Gasteiger partial charge in [0, 0.05) is 13.0 Å². The van der Waals surface area contributed by atoms with Gasteiger partial charge in [-0.25, -0.2) is 4.79 Å². The van der Waals surface area contributed by atoms with Crippen LogP contribution in [-0.4, -0.2) is 34.5 Å². The molecule has 1 aromatic carbocycles. The highest BCUT2D eigenvalue weighted by Gasteiger charge is 2.28. The molecular weight excluding hydrogens is 302 g/mol. The lowest BCUT2D eigenvalue weighted by Crippen LogP contribution is -2.33. The lowest BCUT2D eigenvalue weighted by molar-refractivity contribution is -0.128. The minimum atomic E-state index is -0.920. The zero-order valence-electron chi connectivity index (χ0n) is 14.4. The van der Waals surface area contributed by atoms with Gasteiger partial charge in [-0.1, -0.05) is 42.9 Å². The number of carbonyl (C=O) groups is 2. The van der Waals surface area contributed by atoms with E-state index in [1.54, 1.807) is 12.1 Å². The smallest absolute Gasteiger partial charge is 0.335 e. The second-order valence-electron chi connectivity index (χ2n) is 6.20. The summed E-state index contributed by atoms with van der Waals surface area (Å²) in [6.07, 6.45) is 9.50. The maximum Gasteiger partial charge on any atom is 0.335 e. The number of benzene rings is 1. The first-order chi connectivity index (χ1) is 11.5. The van der Waals surface area contributed by atoms with Gasteiger partial charge in [-0.2, -0.15) is 0 Å². The van der Waals surface area contributed by atoms with E-state index in [1.165, 1.54) is 5.57 Å². The Bertz CT molecular complexity index is 643. The van der Waals surface area contributed by atoms with E-state index >= 15 is 0 Å². The molecule has 0 unspecified atom stereocenters. The molecule has 1 heterocycles. The summed E-state index contributed by atoms with van der Waals surface area (Å²) >= 11 is 0. The van der Waals surface area contributed by atoms with Crippen molar-refractivity contribution in [2.45, 2.75) is 45.6 Å². The molecule has 0 radical (unpaired) electrons. The molecule has 0 bridgehead atoms. The van der Waals surface area contributed by atoms with Crippen molar-refractivity contribution in [3.05, 3.63) is 59.2 Å². The summed E-state index contributed by atoms with van der Waals surface area (Å²) < 4.78 is 0. The number of carboxylic acids is 1. The van der Waals surface area contributed by atoms with Crippen LogP contribution in [0.5, 0.6) is 0 Å². The van der Waals surface area contributed by atoms with Gasteiger partial charge in [0.15, 0.2) is 0 Å². The van der Waals surface area contributed by atoms with Gasteiger partial charge in [0.2, 0.25) is 5.91 Å². The third-order valence-electron chi connectivity index (χ3n) is 4.49. The summed E-state index contributed by atoms with van der Waals surface area (Å²) in [5, 5.41) is 8.92. The molecule has 1 saturated heterocycles. The number of hydrogen-bond acceptors (Lipinski definition) is 2. The Labute approximate surface area is 143 Å². The number of carboxylic acid groups (broad SMARTS) is 1. The number of aromatic carboxylic acids is 1. The van der Waals surface area contributed by atoms with E-state index in [0.717, 1.165) is 24.8 Å². The van der Waals surface area contributed by atoms with E-state index in [-0.39, 0.29) is 17.5 Å². The van der Waals surface area contributed by atoms with Gasteiger partial charge in [-0.3, -0.25) is 4.79 Å². The van der Waals surface area contributed by atoms with Crippen LogP contribution < -0.4 is 0 Å². The Morgan fingerprint density at radius 3 is 2.67 bits per heavy atom. The fourth-order valence-corrected chi connectivity index (χ4v) is 2.78. The molecule has 0 spiro atoms. The van der Waals surface area contributed by atoms with Crippen LogP contribution in [0.15, 0.2) is 48.1 Å². The largest absolute Gasteiger partial charge is 0.478 e. The third kappa shape index (κ3) is 4.82. The second-order valence-corrected chi connectivity index (χ2v) is 6.20. The van der Waals surface area contributed by atoms with Gasteiger partial charge in [-0.05, 0) is 43.9 Å². The molecule has 0 aromatic heterocycles. The minimum Gasteiger partial charge on any atom is -0.478 e. The summed E-state index contributed by atoms with van der Waals surface area (Å²) in [5.74, 6) is -0.722. The average molecular weight is 327 g/mol. The fourth-order valence-electron chi connectivity index (χ4n) is 2.78. The van der Waals surface area contributed by atoms with Crippen molar-refractivity contribution >= 4 is 11.9 Å². The lowest BCUT2D eigenvalue weighted by Gasteiger charge is -2.22. The third-order valence-corrected chi connectivity index (χ3v) is 4.49. The van der Waals surface area contributed by atoms with Gasteiger partial charge in [0.1, 0.15) is 0 Å². The number of nitrogens with zero attached hydrogens (tertiary/aromatic N) is 1. The van der Waals surface area contributed by atoms with E-state index < -0.39 is 5.97 Å². The number of amides is 1. The molecule has 1 aliphatic heterocycles. The van der Waals surface area contributed by atoms with Crippen molar-refractivity contribution in [1.29, 1.82) is 0 Å². The zero-order chi connectivity index (χ0) is 17.5. The summed E-state index contributed by atoms with van der Waals surface area (Å²) in [6, 6.07) is 7.03.